The number of nitrogens with one attached hydrogen (secondary N) is 1. The molecule has 0 bridgehead atoms. The van der Waals surface area contributed by atoms with Gasteiger partial charge in [-0.05, 0) is 74.7 Å². The van der Waals surface area contributed by atoms with Gasteiger partial charge in [0.25, 0.3) is 0 Å². The Morgan fingerprint density at radius 1 is 0.909 bits per heavy atom. The molecule has 2 aromatic rings. The molecule has 2 aromatic carbocycles. The Morgan fingerprint density at radius 3 is 2.18 bits per heavy atom. The van der Waals surface area contributed by atoms with E-state index in [0.29, 0.717) is 18.8 Å². The molecule has 4 rings (SSSR count). The third-order valence-electron chi connectivity index (χ3n) is 6.63. The van der Waals surface area contributed by atoms with Gasteiger partial charge >= 0.3 is 0 Å². The highest BCUT2D eigenvalue weighted by Crippen LogP contribution is 2.25. The molecule has 0 aliphatic carbocycles. The van der Waals surface area contributed by atoms with Crippen LogP contribution in [0.4, 0.5) is 5.69 Å². The summed E-state index contributed by atoms with van der Waals surface area (Å²) >= 11 is 6.27. The summed E-state index contributed by atoms with van der Waals surface area (Å²) in [5.74, 6) is -0.0523. The normalized spacial score (nSPS) is 19.2. The first kappa shape index (κ1) is 24.2. The molecule has 0 aromatic heterocycles. The second kappa shape index (κ2) is 11.0. The van der Waals surface area contributed by atoms with Crippen molar-refractivity contribution in [1.29, 1.82) is 0 Å². The van der Waals surface area contributed by atoms with Gasteiger partial charge < -0.3 is 5.32 Å². The molecule has 2 saturated heterocycles. The van der Waals surface area contributed by atoms with Crippen LogP contribution >= 0.6 is 11.6 Å². The minimum atomic E-state index is -3.48. The molecule has 1 amide bonds. The van der Waals surface area contributed by atoms with E-state index in [1.807, 2.05) is 24.3 Å². The first-order valence-electron chi connectivity index (χ1n) is 11.8. The lowest BCUT2D eigenvalue weighted by Crippen LogP contribution is -2.37. The number of piperidine rings is 1. The van der Waals surface area contributed by atoms with E-state index < -0.39 is 10.0 Å². The summed E-state index contributed by atoms with van der Waals surface area (Å²) in [7, 11) is -3.48. The van der Waals surface area contributed by atoms with Gasteiger partial charge in [0.1, 0.15) is 0 Å². The number of likely N-dealkylation sites (tertiary alicyclic amines) is 1. The van der Waals surface area contributed by atoms with E-state index in [1.54, 1.807) is 28.6 Å². The minimum Gasteiger partial charge on any atom is -0.326 e. The summed E-state index contributed by atoms with van der Waals surface area (Å²) in [4.78, 5) is 15.4. The molecule has 0 spiro atoms. The fourth-order valence-electron chi connectivity index (χ4n) is 4.61. The zero-order chi connectivity index (χ0) is 23.3. The van der Waals surface area contributed by atoms with Crippen molar-refractivity contribution in [2.45, 2.75) is 50.0 Å². The number of halogens is 1. The monoisotopic (exact) mass is 489 g/mol. The van der Waals surface area contributed by atoms with Crippen LogP contribution in [-0.2, 0) is 21.4 Å². The SMILES string of the molecule is O=C(Nc1ccc(S(=O)(=O)N2CCCCCC2)cc1)C1CCN(Cc2ccccc2Cl)CC1. The van der Waals surface area contributed by atoms with Crippen LogP contribution in [0.25, 0.3) is 0 Å². The standard InChI is InChI=1S/C25H32ClN3O3S/c26-24-8-4-3-7-21(24)19-28-17-13-20(14-18-28)25(30)27-22-9-11-23(12-10-22)33(31,32)29-15-5-1-2-6-16-29/h3-4,7-12,20H,1-2,5-6,13-19H2,(H,27,30). The van der Waals surface area contributed by atoms with Crippen LogP contribution in [-0.4, -0.2) is 49.7 Å². The van der Waals surface area contributed by atoms with Gasteiger partial charge in [-0.25, -0.2) is 8.42 Å². The number of carbonyl (C=O) groups excluding carboxylic acids is 1. The van der Waals surface area contributed by atoms with Crippen molar-refractivity contribution in [3.8, 4) is 0 Å². The maximum atomic E-state index is 12.9. The van der Waals surface area contributed by atoms with E-state index in [9.17, 15) is 13.2 Å². The molecule has 33 heavy (non-hydrogen) atoms. The number of amides is 1. The fraction of sp³-hybridized carbons (Fsp3) is 0.480. The van der Waals surface area contributed by atoms with Crippen molar-refractivity contribution in [1.82, 2.24) is 9.21 Å². The lowest BCUT2D eigenvalue weighted by molar-refractivity contribution is -0.121. The molecule has 1 N–H and O–H groups in total. The molecule has 2 heterocycles. The van der Waals surface area contributed by atoms with E-state index in [0.717, 1.165) is 68.7 Å². The highest BCUT2D eigenvalue weighted by atomic mass is 35.5. The Balaban J connectivity index is 1.30. The van der Waals surface area contributed by atoms with Crippen molar-refractivity contribution in [3.05, 3.63) is 59.1 Å². The lowest BCUT2D eigenvalue weighted by Gasteiger charge is -2.31. The first-order valence-corrected chi connectivity index (χ1v) is 13.6. The van der Waals surface area contributed by atoms with E-state index in [2.05, 4.69) is 10.2 Å². The smallest absolute Gasteiger partial charge is 0.243 e. The topological polar surface area (TPSA) is 69.7 Å². The zero-order valence-corrected chi connectivity index (χ0v) is 20.5. The molecule has 8 heteroatoms. The molecule has 0 unspecified atom stereocenters. The van der Waals surface area contributed by atoms with E-state index in [-0.39, 0.29) is 16.7 Å². The van der Waals surface area contributed by atoms with Crippen molar-refractivity contribution >= 4 is 33.2 Å². The molecule has 178 valence electrons. The summed E-state index contributed by atoms with van der Waals surface area (Å²) in [6.07, 6.45) is 5.55. The maximum absolute atomic E-state index is 12.9. The van der Waals surface area contributed by atoms with E-state index in [1.165, 1.54) is 0 Å². The van der Waals surface area contributed by atoms with Gasteiger partial charge in [0.15, 0.2) is 0 Å². The van der Waals surface area contributed by atoms with Gasteiger partial charge in [-0.3, -0.25) is 9.69 Å². The van der Waals surface area contributed by atoms with Crippen molar-refractivity contribution in [2.24, 2.45) is 5.92 Å². The molecule has 6 nitrogen and oxygen atoms in total. The van der Waals surface area contributed by atoms with Gasteiger partial charge in [-0.1, -0.05) is 42.6 Å². The van der Waals surface area contributed by atoms with Crippen LogP contribution in [0, 0.1) is 5.92 Å². The quantitative estimate of drug-likeness (QED) is 0.635. The van der Waals surface area contributed by atoms with Gasteiger partial charge in [0.2, 0.25) is 15.9 Å². The van der Waals surface area contributed by atoms with Crippen LogP contribution in [0.2, 0.25) is 5.02 Å². The summed E-state index contributed by atoms with van der Waals surface area (Å²) in [5.41, 5.74) is 1.74. The minimum absolute atomic E-state index is 0.00415. The summed E-state index contributed by atoms with van der Waals surface area (Å²) in [6, 6.07) is 14.4. The number of benzene rings is 2. The molecule has 0 atom stereocenters. The second-order valence-corrected chi connectivity index (χ2v) is 11.3. The second-order valence-electron chi connectivity index (χ2n) is 8.97. The molecule has 0 saturated carbocycles. The van der Waals surface area contributed by atoms with Crippen molar-refractivity contribution in [2.75, 3.05) is 31.5 Å². The van der Waals surface area contributed by atoms with Crippen LogP contribution in [0.15, 0.2) is 53.4 Å². The Kier molecular flexibility index (Phi) is 8.07. The number of anilines is 1. The number of carbonyl (C=O) groups is 1. The fourth-order valence-corrected chi connectivity index (χ4v) is 6.32. The molecule has 2 aliphatic rings. The lowest BCUT2D eigenvalue weighted by atomic mass is 9.95. The van der Waals surface area contributed by atoms with Crippen molar-refractivity contribution in [3.63, 3.8) is 0 Å². The average molecular weight is 490 g/mol. The predicted molar refractivity (Wildman–Crippen MR) is 132 cm³/mol. The van der Waals surface area contributed by atoms with Crippen LogP contribution in [0.3, 0.4) is 0 Å². The first-order chi connectivity index (χ1) is 15.9. The van der Waals surface area contributed by atoms with Crippen LogP contribution in [0.1, 0.15) is 44.1 Å². The number of rotatable bonds is 6. The number of nitrogens with zero attached hydrogens (tertiary/aromatic N) is 2. The van der Waals surface area contributed by atoms with Crippen LogP contribution < -0.4 is 5.32 Å². The van der Waals surface area contributed by atoms with Gasteiger partial charge in [0, 0.05) is 36.3 Å². The molecular formula is C25H32ClN3O3S. The highest BCUT2D eigenvalue weighted by Gasteiger charge is 2.27. The zero-order valence-electron chi connectivity index (χ0n) is 18.9. The van der Waals surface area contributed by atoms with Gasteiger partial charge in [-0.15, -0.1) is 0 Å². The molecule has 2 aliphatic heterocycles. The highest BCUT2D eigenvalue weighted by molar-refractivity contribution is 7.89. The average Bonchev–Trinajstić information content (AvgIpc) is 3.12. The molecule has 0 radical (unpaired) electrons. The van der Waals surface area contributed by atoms with Gasteiger partial charge in [-0.2, -0.15) is 4.31 Å². The number of hydrogen-bond acceptors (Lipinski definition) is 4. The summed E-state index contributed by atoms with van der Waals surface area (Å²) in [6.45, 7) is 3.64. The summed E-state index contributed by atoms with van der Waals surface area (Å²) < 4.78 is 27.4. The Morgan fingerprint density at radius 2 is 1.55 bits per heavy atom. The largest absolute Gasteiger partial charge is 0.326 e. The third-order valence-corrected chi connectivity index (χ3v) is 8.92. The Bertz CT molecular complexity index is 1040. The Hall–Kier alpha value is -1.93. The third kappa shape index (κ3) is 6.15. The van der Waals surface area contributed by atoms with Crippen molar-refractivity contribution < 1.29 is 13.2 Å². The Labute approximate surface area is 202 Å². The maximum Gasteiger partial charge on any atom is 0.243 e. The number of sulfonamides is 1. The predicted octanol–water partition coefficient (Wildman–Crippen LogP) is 4.76. The summed E-state index contributed by atoms with van der Waals surface area (Å²) in [5, 5.41) is 3.74. The molecule has 2 fully saturated rings. The van der Waals surface area contributed by atoms with Crippen LogP contribution in [0.5, 0.6) is 0 Å². The van der Waals surface area contributed by atoms with E-state index in [4.69, 9.17) is 11.6 Å². The molecular weight excluding hydrogens is 458 g/mol. The van der Waals surface area contributed by atoms with E-state index >= 15 is 0 Å². The van der Waals surface area contributed by atoms with Gasteiger partial charge in [0.05, 0.1) is 4.90 Å². The number of hydrogen-bond donors (Lipinski definition) is 1.